The third-order valence-corrected chi connectivity index (χ3v) is 7.11. The van der Waals surface area contributed by atoms with Crippen LogP contribution in [-0.4, -0.2) is 23.9 Å². The maximum Gasteiger partial charge on any atom is 0.200 e. The average Bonchev–Trinajstić information content (AvgIpc) is 2.71. The van der Waals surface area contributed by atoms with Gasteiger partial charge in [-0.2, -0.15) is 4.39 Å². The van der Waals surface area contributed by atoms with Crippen molar-refractivity contribution in [3.8, 4) is 5.75 Å². The molecule has 3 nitrogen and oxygen atoms in total. The zero-order valence-corrected chi connectivity index (χ0v) is 18.1. The second kappa shape index (κ2) is 9.30. The van der Waals surface area contributed by atoms with E-state index in [0.717, 1.165) is 51.6 Å². The normalized spacial score (nSPS) is 32.9. The lowest BCUT2D eigenvalue weighted by atomic mass is 9.66. The van der Waals surface area contributed by atoms with Crippen molar-refractivity contribution >= 4 is 0 Å². The van der Waals surface area contributed by atoms with Crippen LogP contribution in [0.2, 0.25) is 0 Å². The van der Waals surface area contributed by atoms with E-state index in [2.05, 4.69) is 13.8 Å². The second-order valence-corrected chi connectivity index (χ2v) is 9.18. The van der Waals surface area contributed by atoms with Gasteiger partial charge in [-0.3, -0.25) is 0 Å². The van der Waals surface area contributed by atoms with Crippen molar-refractivity contribution in [3.63, 3.8) is 0 Å². The van der Waals surface area contributed by atoms with Crippen LogP contribution in [0.3, 0.4) is 0 Å². The summed E-state index contributed by atoms with van der Waals surface area (Å²) in [6, 6.07) is 2.92. The second-order valence-electron chi connectivity index (χ2n) is 9.18. The van der Waals surface area contributed by atoms with Gasteiger partial charge < -0.3 is 14.6 Å². The minimum Gasteiger partial charge on any atom is -0.491 e. The van der Waals surface area contributed by atoms with E-state index in [9.17, 15) is 13.9 Å². The Morgan fingerprint density at radius 2 is 1.55 bits per heavy atom. The molecule has 0 amide bonds. The molecule has 2 aliphatic rings. The van der Waals surface area contributed by atoms with Crippen LogP contribution in [0, 0.1) is 23.5 Å². The van der Waals surface area contributed by atoms with Crippen LogP contribution < -0.4 is 4.74 Å². The minimum atomic E-state index is -1.29. The molecule has 0 aliphatic heterocycles. The topological polar surface area (TPSA) is 38.7 Å². The summed E-state index contributed by atoms with van der Waals surface area (Å²) in [6.45, 7) is 7.18. The fourth-order valence-electron chi connectivity index (χ4n) is 5.23. The van der Waals surface area contributed by atoms with Gasteiger partial charge in [0, 0.05) is 12.2 Å². The number of hydrogen-bond acceptors (Lipinski definition) is 3. The number of halogens is 2. The quantitative estimate of drug-likeness (QED) is 0.589. The van der Waals surface area contributed by atoms with E-state index in [1.54, 1.807) is 6.92 Å². The first kappa shape index (κ1) is 22.5. The zero-order valence-electron chi connectivity index (χ0n) is 18.1. The van der Waals surface area contributed by atoms with E-state index in [-0.39, 0.29) is 23.5 Å². The molecule has 2 aliphatic carbocycles. The van der Waals surface area contributed by atoms with Gasteiger partial charge in [0.25, 0.3) is 0 Å². The summed E-state index contributed by atoms with van der Waals surface area (Å²) in [5, 5.41) is 11.1. The first-order chi connectivity index (χ1) is 13.8. The van der Waals surface area contributed by atoms with E-state index in [1.165, 1.54) is 12.1 Å². The standard InChI is InChI=1S/C24H36F2O3/c1-4-16-29-23(3)12-8-17(9-13-23)18-10-14-24(27,15-11-18)19-6-7-20(28-5-2)22(26)21(19)25/h6-7,17-18,27H,4-5,8-16H2,1-3H3. The Hall–Kier alpha value is -1.20. The van der Waals surface area contributed by atoms with Gasteiger partial charge in [-0.05, 0) is 95.6 Å². The molecule has 0 saturated heterocycles. The van der Waals surface area contributed by atoms with E-state index in [1.807, 2.05) is 0 Å². The van der Waals surface area contributed by atoms with Gasteiger partial charge >= 0.3 is 0 Å². The van der Waals surface area contributed by atoms with Crippen molar-refractivity contribution in [3.05, 3.63) is 29.3 Å². The van der Waals surface area contributed by atoms with E-state index < -0.39 is 17.2 Å². The molecule has 2 fully saturated rings. The van der Waals surface area contributed by atoms with Gasteiger partial charge in [0.2, 0.25) is 5.82 Å². The van der Waals surface area contributed by atoms with Gasteiger partial charge in [-0.15, -0.1) is 0 Å². The highest BCUT2D eigenvalue weighted by atomic mass is 19.2. The predicted molar refractivity (Wildman–Crippen MR) is 110 cm³/mol. The van der Waals surface area contributed by atoms with Crippen molar-refractivity contribution in [2.75, 3.05) is 13.2 Å². The summed E-state index contributed by atoms with van der Waals surface area (Å²) in [6.07, 6.45) is 8.15. The molecule has 0 atom stereocenters. The lowest BCUT2D eigenvalue weighted by Crippen LogP contribution is -2.39. The van der Waals surface area contributed by atoms with Crippen molar-refractivity contribution < 1.29 is 23.4 Å². The molecule has 0 spiro atoms. The fourth-order valence-corrected chi connectivity index (χ4v) is 5.23. The van der Waals surface area contributed by atoms with Crippen LogP contribution in [-0.2, 0) is 10.3 Å². The van der Waals surface area contributed by atoms with E-state index in [0.29, 0.717) is 24.7 Å². The molecule has 0 bridgehead atoms. The van der Waals surface area contributed by atoms with Gasteiger partial charge in [0.05, 0.1) is 17.8 Å². The van der Waals surface area contributed by atoms with Crippen molar-refractivity contribution in [2.45, 2.75) is 89.8 Å². The first-order valence-corrected chi connectivity index (χ1v) is 11.3. The molecule has 29 heavy (non-hydrogen) atoms. The minimum absolute atomic E-state index is 0.00484. The monoisotopic (exact) mass is 410 g/mol. The summed E-state index contributed by atoms with van der Waals surface area (Å²) in [5.74, 6) is -0.889. The summed E-state index contributed by atoms with van der Waals surface area (Å²) in [7, 11) is 0. The van der Waals surface area contributed by atoms with Crippen LogP contribution in [0.1, 0.15) is 84.1 Å². The lowest BCUT2D eigenvalue weighted by molar-refractivity contribution is -0.0772. The molecule has 1 aromatic rings. The van der Waals surface area contributed by atoms with Gasteiger partial charge in [-0.1, -0.05) is 6.92 Å². The molecule has 2 saturated carbocycles. The molecular formula is C24H36F2O3. The third kappa shape index (κ3) is 4.93. The average molecular weight is 411 g/mol. The summed E-state index contributed by atoms with van der Waals surface area (Å²) in [5.41, 5.74) is -1.22. The molecule has 0 heterocycles. The van der Waals surface area contributed by atoms with Crippen molar-refractivity contribution in [1.29, 1.82) is 0 Å². The van der Waals surface area contributed by atoms with E-state index in [4.69, 9.17) is 9.47 Å². The largest absolute Gasteiger partial charge is 0.491 e. The highest BCUT2D eigenvalue weighted by Crippen LogP contribution is 2.47. The molecule has 1 aromatic carbocycles. The van der Waals surface area contributed by atoms with Crippen molar-refractivity contribution in [2.24, 2.45) is 11.8 Å². The number of rotatable bonds is 7. The number of ether oxygens (including phenoxy) is 2. The highest BCUT2D eigenvalue weighted by Gasteiger charge is 2.42. The maximum atomic E-state index is 14.6. The van der Waals surface area contributed by atoms with Gasteiger partial charge in [0.15, 0.2) is 11.6 Å². The number of aliphatic hydroxyl groups is 1. The van der Waals surface area contributed by atoms with Crippen LogP contribution in [0.5, 0.6) is 5.75 Å². The zero-order chi connectivity index (χ0) is 21.1. The van der Waals surface area contributed by atoms with Crippen molar-refractivity contribution in [1.82, 2.24) is 0 Å². The van der Waals surface area contributed by atoms with Crippen LogP contribution >= 0.6 is 0 Å². The summed E-state index contributed by atoms with van der Waals surface area (Å²) < 4.78 is 40.1. The fraction of sp³-hybridized carbons (Fsp3) is 0.750. The Kier molecular flexibility index (Phi) is 7.21. The molecule has 164 valence electrons. The molecule has 0 unspecified atom stereocenters. The predicted octanol–water partition coefficient (Wildman–Crippen LogP) is 6.12. The Morgan fingerprint density at radius 3 is 2.10 bits per heavy atom. The SMILES string of the molecule is CCCOC1(C)CCC(C2CCC(O)(c3ccc(OCC)c(F)c3F)CC2)CC1. The Morgan fingerprint density at radius 1 is 0.966 bits per heavy atom. The van der Waals surface area contributed by atoms with Gasteiger partial charge in [0.1, 0.15) is 0 Å². The molecule has 0 aromatic heterocycles. The smallest absolute Gasteiger partial charge is 0.200 e. The molecule has 3 rings (SSSR count). The van der Waals surface area contributed by atoms with Gasteiger partial charge in [-0.25, -0.2) is 4.39 Å². The van der Waals surface area contributed by atoms with Crippen LogP contribution in [0.25, 0.3) is 0 Å². The van der Waals surface area contributed by atoms with Crippen LogP contribution in [0.4, 0.5) is 8.78 Å². The van der Waals surface area contributed by atoms with Crippen LogP contribution in [0.15, 0.2) is 12.1 Å². The Balaban J connectivity index is 1.60. The Labute approximate surface area is 173 Å². The molecule has 5 heteroatoms. The number of benzene rings is 1. The third-order valence-electron chi connectivity index (χ3n) is 7.11. The molecular weight excluding hydrogens is 374 g/mol. The molecule has 0 radical (unpaired) electrons. The highest BCUT2D eigenvalue weighted by molar-refractivity contribution is 5.34. The Bertz CT molecular complexity index is 675. The van der Waals surface area contributed by atoms with E-state index >= 15 is 0 Å². The summed E-state index contributed by atoms with van der Waals surface area (Å²) >= 11 is 0. The molecule has 1 N–H and O–H groups in total. The maximum absolute atomic E-state index is 14.6. The summed E-state index contributed by atoms with van der Waals surface area (Å²) in [4.78, 5) is 0. The number of hydrogen-bond donors (Lipinski definition) is 1. The first-order valence-electron chi connectivity index (χ1n) is 11.3. The lowest BCUT2D eigenvalue weighted by Gasteiger charge is -2.44.